The third-order valence-electron chi connectivity index (χ3n) is 4.49. The summed E-state index contributed by atoms with van der Waals surface area (Å²) in [5.41, 5.74) is 4.43. The number of nitrogens with zero attached hydrogens (tertiary/aromatic N) is 3. The average Bonchev–Trinajstić information content (AvgIpc) is 3.12. The molecule has 1 aliphatic heterocycles. The van der Waals surface area contributed by atoms with Crippen LogP contribution in [0.2, 0.25) is 0 Å². The van der Waals surface area contributed by atoms with E-state index in [1.54, 1.807) is 18.3 Å². The molecule has 0 radical (unpaired) electrons. The van der Waals surface area contributed by atoms with Crippen LogP contribution in [0.1, 0.15) is 16.7 Å². The quantitative estimate of drug-likeness (QED) is 0.386. The van der Waals surface area contributed by atoms with Gasteiger partial charge in [0.05, 0.1) is 10.6 Å². The van der Waals surface area contributed by atoms with Crippen molar-refractivity contribution in [1.82, 2.24) is 4.98 Å². The highest BCUT2D eigenvalue weighted by atomic mass is 16.6. The van der Waals surface area contributed by atoms with Crippen molar-refractivity contribution < 1.29 is 4.92 Å². The normalized spacial score (nSPS) is 13.2. The average molecular weight is 343 g/mol. The van der Waals surface area contributed by atoms with Crippen LogP contribution in [0.15, 0.2) is 66.9 Å². The molecule has 2 aromatic carbocycles. The van der Waals surface area contributed by atoms with Crippen LogP contribution >= 0.6 is 0 Å². The van der Waals surface area contributed by atoms with Gasteiger partial charge in [0.2, 0.25) is 0 Å². The molecule has 26 heavy (non-hydrogen) atoms. The number of nitro benzene ring substituents is 1. The second kappa shape index (κ2) is 6.80. The topological polar surface area (TPSA) is 59.3 Å². The second-order valence-electron chi connectivity index (χ2n) is 6.13. The molecule has 128 valence electrons. The SMILES string of the molecule is O=[N+]([O-])c1cccc(/C=C/c2cccc3c2N(c2ccccn2)CC3)c1. The van der Waals surface area contributed by atoms with E-state index >= 15 is 0 Å². The summed E-state index contributed by atoms with van der Waals surface area (Å²) in [5.74, 6) is 0.933. The van der Waals surface area contributed by atoms with Gasteiger partial charge < -0.3 is 4.90 Å². The van der Waals surface area contributed by atoms with Gasteiger partial charge >= 0.3 is 0 Å². The van der Waals surface area contributed by atoms with Gasteiger partial charge in [-0.2, -0.15) is 0 Å². The summed E-state index contributed by atoms with van der Waals surface area (Å²) in [6, 6.07) is 18.8. The lowest BCUT2D eigenvalue weighted by Gasteiger charge is -2.20. The summed E-state index contributed by atoms with van der Waals surface area (Å²) in [7, 11) is 0. The largest absolute Gasteiger partial charge is 0.325 e. The van der Waals surface area contributed by atoms with Crippen LogP contribution < -0.4 is 4.90 Å². The second-order valence-corrected chi connectivity index (χ2v) is 6.13. The molecule has 0 saturated heterocycles. The van der Waals surface area contributed by atoms with Gasteiger partial charge in [-0.3, -0.25) is 10.1 Å². The molecule has 1 aromatic heterocycles. The highest BCUT2D eigenvalue weighted by molar-refractivity contribution is 5.83. The number of rotatable bonds is 4. The molecule has 0 amide bonds. The van der Waals surface area contributed by atoms with Crippen molar-refractivity contribution in [2.24, 2.45) is 0 Å². The molecule has 0 bridgehead atoms. The van der Waals surface area contributed by atoms with Crippen LogP contribution in [0.5, 0.6) is 0 Å². The Bertz CT molecular complexity index is 984. The van der Waals surface area contributed by atoms with E-state index in [4.69, 9.17) is 0 Å². The summed E-state index contributed by atoms with van der Waals surface area (Å²) >= 11 is 0. The molecular formula is C21H17N3O2. The summed E-state index contributed by atoms with van der Waals surface area (Å²) in [6.45, 7) is 0.897. The Labute approximate surface area is 151 Å². The first-order valence-electron chi connectivity index (χ1n) is 8.45. The Balaban J connectivity index is 1.70. The van der Waals surface area contributed by atoms with E-state index < -0.39 is 0 Å². The van der Waals surface area contributed by atoms with Crippen molar-refractivity contribution in [3.05, 3.63) is 93.7 Å². The minimum absolute atomic E-state index is 0.0977. The number of para-hydroxylation sites is 1. The lowest BCUT2D eigenvalue weighted by Crippen LogP contribution is -2.15. The third kappa shape index (κ3) is 3.07. The van der Waals surface area contributed by atoms with Gasteiger partial charge in [0.25, 0.3) is 5.69 Å². The van der Waals surface area contributed by atoms with Gasteiger partial charge in [0, 0.05) is 24.9 Å². The van der Waals surface area contributed by atoms with Crippen LogP contribution in [0.4, 0.5) is 17.2 Å². The van der Waals surface area contributed by atoms with E-state index in [2.05, 4.69) is 22.0 Å². The van der Waals surface area contributed by atoms with E-state index in [9.17, 15) is 10.1 Å². The zero-order valence-electron chi connectivity index (χ0n) is 14.1. The lowest BCUT2D eigenvalue weighted by atomic mass is 10.1. The molecule has 0 atom stereocenters. The zero-order valence-corrected chi connectivity index (χ0v) is 14.1. The first kappa shape index (κ1) is 16.0. The fourth-order valence-corrected chi connectivity index (χ4v) is 3.29. The van der Waals surface area contributed by atoms with Gasteiger partial charge in [-0.05, 0) is 35.2 Å². The van der Waals surface area contributed by atoms with Crippen molar-refractivity contribution in [2.75, 3.05) is 11.4 Å². The molecule has 1 aliphatic rings. The maximum Gasteiger partial charge on any atom is 0.270 e. The number of benzene rings is 2. The molecule has 3 aromatic rings. The number of anilines is 2. The van der Waals surface area contributed by atoms with Crippen molar-refractivity contribution in [3.8, 4) is 0 Å². The Morgan fingerprint density at radius 3 is 2.73 bits per heavy atom. The molecule has 4 rings (SSSR count). The highest BCUT2D eigenvalue weighted by Crippen LogP contribution is 2.37. The predicted octanol–water partition coefficient (Wildman–Crippen LogP) is 4.85. The standard InChI is InChI=1S/C21H17N3O2/c25-24(26)19-8-3-5-16(15-19)10-11-17-6-4-7-18-12-14-23(21(17)18)20-9-1-2-13-22-20/h1-11,13,15H,12,14H2/b11-10+. The highest BCUT2D eigenvalue weighted by Gasteiger charge is 2.23. The van der Waals surface area contributed by atoms with Gasteiger partial charge in [-0.1, -0.05) is 48.6 Å². The number of aromatic nitrogens is 1. The molecule has 0 unspecified atom stereocenters. The van der Waals surface area contributed by atoms with Gasteiger partial charge in [0.1, 0.15) is 5.82 Å². The molecule has 5 nitrogen and oxygen atoms in total. The Morgan fingerprint density at radius 2 is 1.92 bits per heavy atom. The third-order valence-corrected chi connectivity index (χ3v) is 4.49. The summed E-state index contributed by atoms with van der Waals surface area (Å²) in [5, 5.41) is 10.9. The van der Waals surface area contributed by atoms with E-state index in [-0.39, 0.29) is 10.6 Å². The Morgan fingerprint density at radius 1 is 1.04 bits per heavy atom. The number of fused-ring (bicyclic) bond motifs is 1. The summed E-state index contributed by atoms with van der Waals surface area (Å²) in [6.07, 6.45) is 6.70. The first-order chi connectivity index (χ1) is 12.7. The fourth-order valence-electron chi connectivity index (χ4n) is 3.29. The number of non-ortho nitro benzene ring substituents is 1. The van der Waals surface area contributed by atoms with Crippen molar-refractivity contribution in [2.45, 2.75) is 6.42 Å². The van der Waals surface area contributed by atoms with Gasteiger partial charge in [0.15, 0.2) is 0 Å². The van der Waals surface area contributed by atoms with Crippen molar-refractivity contribution >= 4 is 29.3 Å². The lowest BCUT2D eigenvalue weighted by molar-refractivity contribution is -0.384. The van der Waals surface area contributed by atoms with Crippen LogP contribution in [0.3, 0.4) is 0 Å². The van der Waals surface area contributed by atoms with E-state index in [0.29, 0.717) is 0 Å². The van der Waals surface area contributed by atoms with E-state index in [0.717, 1.165) is 35.6 Å². The van der Waals surface area contributed by atoms with Crippen LogP contribution in [-0.4, -0.2) is 16.5 Å². The van der Waals surface area contributed by atoms with Gasteiger partial charge in [-0.25, -0.2) is 4.98 Å². The van der Waals surface area contributed by atoms with Crippen LogP contribution in [-0.2, 0) is 6.42 Å². The molecular weight excluding hydrogens is 326 g/mol. The molecule has 0 aliphatic carbocycles. The zero-order chi connectivity index (χ0) is 17.9. The Kier molecular flexibility index (Phi) is 4.19. The molecule has 5 heteroatoms. The molecule has 0 fully saturated rings. The summed E-state index contributed by atoms with van der Waals surface area (Å²) < 4.78 is 0. The molecule has 2 heterocycles. The van der Waals surface area contributed by atoms with Crippen LogP contribution in [0.25, 0.3) is 12.2 Å². The maximum atomic E-state index is 10.9. The van der Waals surface area contributed by atoms with Crippen molar-refractivity contribution in [3.63, 3.8) is 0 Å². The number of pyridine rings is 1. The monoisotopic (exact) mass is 343 g/mol. The Hall–Kier alpha value is -3.47. The fraction of sp³-hybridized carbons (Fsp3) is 0.0952. The van der Waals surface area contributed by atoms with Crippen molar-refractivity contribution in [1.29, 1.82) is 0 Å². The molecule has 0 saturated carbocycles. The minimum Gasteiger partial charge on any atom is -0.325 e. The predicted molar refractivity (Wildman–Crippen MR) is 103 cm³/mol. The number of hydrogen-bond donors (Lipinski definition) is 0. The van der Waals surface area contributed by atoms with Gasteiger partial charge in [-0.15, -0.1) is 0 Å². The smallest absolute Gasteiger partial charge is 0.270 e. The van der Waals surface area contributed by atoms with E-state index in [1.165, 1.54) is 11.6 Å². The number of hydrogen-bond acceptors (Lipinski definition) is 4. The van der Waals surface area contributed by atoms with E-state index in [1.807, 2.05) is 42.5 Å². The number of nitro groups is 1. The minimum atomic E-state index is -0.375. The molecule has 0 spiro atoms. The maximum absolute atomic E-state index is 10.9. The molecule has 0 N–H and O–H groups in total. The first-order valence-corrected chi connectivity index (χ1v) is 8.45. The summed E-state index contributed by atoms with van der Waals surface area (Å²) in [4.78, 5) is 17.3. The van der Waals surface area contributed by atoms with Crippen LogP contribution in [0, 0.1) is 10.1 Å².